The molecule has 3 amide bonds. The molecule has 0 radical (unpaired) electrons. The first-order chi connectivity index (χ1) is 60.0. The summed E-state index contributed by atoms with van der Waals surface area (Å²) in [5.41, 5.74) is 12.9. The minimum Gasteiger partial charge on any atom is -0.493 e. The van der Waals surface area contributed by atoms with Gasteiger partial charge in [0, 0.05) is 83.4 Å². The van der Waals surface area contributed by atoms with Gasteiger partial charge in [-0.1, -0.05) is 53.7 Å². The van der Waals surface area contributed by atoms with Crippen LogP contribution in [0.25, 0.3) is 33.8 Å². The van der Waals surface area contributed by atoms with E-state index in [2.05, 4.69) is 75.8 Å². The molecule has 0 spiro atoms. The van der Waals surface area contributed by atoms with E-state index in [4.69, 9.17) is 54.6 Å². The van der Waals surface area contributed by atoms with Crippen molar-refractivity contribution < 1.29 is 94.7 Å². The van der Waals surface area contributed by atoms with E-state index < -0.39 is 88.8 Å². The third kappa shape index (κ3) is 25.1. The van der Waals surface area contributed by atoms with E-state index in [9.17, 15) is 61.6 Å². The molecule has 5 saturated heterocycles. The number of nitrogens with one attached hydrogen (secondary N) is 3. The summed E-state index contributed by atoms with van der Waals surface area (Å²) in [6.07, 6.45) is -0.704. The number of rotatable bonds is 32. The van der Waals surface area contributed by atoms with E-state index in [1.165, 1.54) is 82.0 Å². The lowest BCUT2D eigenvalue weighted by Crippen LogP contribution is -2.49. The summed E-state index contributed by atoms with van der Waals surface area (Å²) in [6, 6.07) is 27.1. The van der Waals surface area contributed by atoms with Gasteiger partial charge in [0.25, 0.3) is 37.8 Å². The Balaban J connectivity index is 0.000000187. The molecule has 128 heavy (non-hydrogen) atoms. The summed E-state index contributed by atoms with van der Waals surface area (Å²) >= 11 is 0. The number of sulfonamides is 2. The summed E-state index contributed by atoms with van der Waals surface area (Å²) in [4.78, 5) is 72.1. The lowest BCUT2D eigenvalue weighted by molar-refractivity contribution is -0.169. The van der Waals surface area contributed by atoms with Crippen molar-refractivity contribution in [3.63, 3.8) is 0 Å². The number of nitrogen functional groups attached to an aromatic ring is 2. The Kier molecular flexibility index (Phi) is 31.1. The molecular formula is C89H114F5N15O16S3. The van der Waals surface area contributed by atoms with Crippen LogP contribution < -0.4 is 54.5 Å². The molecule has 694 valence electrons. The lowest BCUT2D eigenvalue weighted by Gasteiger charge is -2.34. The largest absolute Gasteiger partial charge is 0.493 e. The van der Waals surface area contributed by atoms with Gasteiger partial charge in [-0.3, -0.25) is 14.4 Å². The molecule has 11 heterocycles. The van der Waals surface area contributed by atoms with E-state index in [-0.39, 0.29) is 110 Å². The van der Waals surface area contributed by atoms with Crippen LogP contribution in [0.15, 0.2) is 132 Å². The zero-order valence-corrected chi connectivity index (χ0v) is 76.9. The van der Waals surface area contributed by atoms with Crippen LogP contribution in [0.4, 0.5) is 51.0 Å². The van der Waals surface area contributed by atoms with Gasteiger partial charge in [-0.05, 0) is 203 Å². The second-order valence-corrected chi connectivity index (χ2v) is 40.5. The molecule has 5 fully saturated rings. The number of aryl methyl sites for hydroxylation is 1. The number of aromatic nitrogens is 6. The smallest absolute Gasteiger partial charge is 0.393 e. The fourth-order valence-corrected chi connectivity index (χ4v) is 19.3. The van der Waals surface area contributed by atoms with Gasteiger partial charge in [-0.25, -0.2) is 52.9 Å². The van der Waals surface area contributed by atoms with E-state index in [0.717, 1.165) is 30.0 Å². The van der Waals surface area contributed by atoms with Gasteiger partial charge < -0.3 is 59.3 Å². The van der Waals surface area contributed by atoms with Crippen molar-refractivity contribution in [1.82, 2.24) is 48.4 Å². The van der Waals surface area contributed by atoms with Crippen LogP contribution >= 0.6 is 0 Å². The lowest BCUT2D eigenvalue weighted by atomic mass is 9.96. The fourth-order valence-electron chi connectivity index (χ4n) is 16.1. The first-order valence-electron chi connectivity index (χ1n) is 42.3. The average Bonchev–Trinajstić information content (AvgIpc) is 1.58. The van der Waals surface area contributed by atoms with Crippen LogP contribution in [0, 0.1) is 48.1 Å². The Morgan fingerprint density at radius 3 is 1.35 bits per heavy atom. The number of pyridine rings is 6. The number of hydrogen-bond acceptors (Lipinski definition) is 27. The van der Waals surface area contributed by atoms with Crippen molar-refractivity contribution in [1.29, 1.82) is 0 Å². The molecule has 13 rings (SSSR count). The highest BCUT2D eigenvalue weighted by Gasteiger charge is 2.52. The van der Waals surface area contributed by atoms with E-state index in [0.29, 0.717) is 131 Å². The minimum atomic E-state index is -4.51. The number of carbonyl (C=O) groups is 3. The molecule has 31 nitrogen and oxygen atoms in total. The van der Waals surface area contributed by atoms with Crippen LogP contribution in [0.1, 0.15) is 159 Å². The normalized spacial score (nSPS) is 18.9. The highest BCUT2D eigenvalue weighted by Crippen LogP contribution is 2.46. The van der Waals surface area contributed by atoms with Crippen LogP contribution in [-0.4, -0.2) is 204 Å². The van der Waals surface area contributed by atoms with Gasteiger partial charge in [0.05, 0.1) is 111 Å². The molecule has 8 aromatic rings. The molecule has 5 aliphatic heterocycles. The van der Waals surface area contributed by atoms with Crippen molar-refractivity contribution in [2.45, 2.75) is 181 Å². The second-order valence-electron chi connectivity index (χ2n) is 35.7. The molecule has 6 aromatic heterocycles. The van der Waals surface area contributed by atoms with Gasteiger partial charge in [0.15, 0.2) is 10.1 Å². The van der Waals surface area contributed by atoms with Crippen molar-refractivity contribution in [2.24, 2.45) is 29.6 Å². The van der Waals surface area contributed by atoms with Gasteiger partial charge >= 0.3 is 16.4 Å². The van der Waals surface area contributed by atoms with E-state index in [1.807, 2.05) is 64.2 Å². The molecule has 0 saturated carbocycles. The zero-order valence-electron chi connectivity index (χ0n) is 74.5. The Morgan fingerprint density at radius 1 is 0.531 bits per heavy atom. The molecule has 3 unspecified atom stereocenters. The Hall–Kier alpha value is -10.6. The molecule has 2 aromatic carbocycles. The second kappa shape index (κ2) is 40.6. The summed E-state index contributed by atoms with van der Waals surface area (Å²) in [5.74, 6) is -2.79. The summed E-state index contributed by atoms with van der Waals surface area (Å²) in [7, 11) is -12.9. The van der Waals surface area contributed by atoms with Crippen LogP contribution in [0.2, 0.25) is 0 Å². The zero-order chi connectivity index (χ0) is 93.3. The number of anilines is 5. The monoisotopic (exact) mass is 1840 g/mol. The molecule has 39 heteroatoms. The summed E-state index contributed by atoms with van der Waals surface area (Å²) < 4.78 is 195. The molecule has 5 atom stereocenters. The van der Waals surface area contributed by atoms with Gasteiger partial charge in [0.2, 0.25) is 5.88 Å². The highest BCUT2D eigenvalue weighted by molar-refractivity contribution is 7.90. The molecule has 5 aliphatic rings. The van der Waals surface area contributed by atoms with E-state index >= 15 is 0 Å². The van der Waals surface area contributed by atoms with Crippen molar-refractivity contribution in [3.8, 4) is 51.2 Å². The Bertz CT molecular complexity index is 5680. The number of nitrogens with two attached hydrogens (primary N) is 2. The maximum atomic E-state index is 14.6. The number of morpholine rings is 1. The number of nitrogens with zero attached hydrogens (tertiary/aromatic N) is 10. The number of amides is 3. The number of fused-ring (bicyclic) bond motifs is 2. The number of alkyl halides is 3. The quantitative estimate of drug-likeness (QED) is 0.0193. The van der Waals surface area contributed by atoms with Crippen molar-refractivity contribution in [3.05, 3.63) is 155 Å². The predicted octanol–water partition coefficient (Wildman–Crippen LogP) is 13.2. The first-order valence-corrected chi connectivity index (χ1v) is 46.7. The molecule has 7 N–H and O–H groups in total. The standard InChI is InChI=1S/C33H46N6O7S.C28H31F4N5O4S.C28H37FN4O5S/c1-22(2)45-16-14-43-12-13-44-15-17-46-32-24(4)18-25(20-35-32)27-11-10-26(30(36-27)39-21-23(3)19-33(39,5)6)31(40)38-47(41,42)29-9-7-8-28(34)37-29;1-16(2)15-41-20-11-17(10-19(29)12-20)22-9-8-21(26(38)36-42(39,40)24-7-5-6-23(33)35-24)25(34-22)37-14-18(28(30,31)32)13-27(37,3)4;1-17(2)15-37-22-9-19(8-20(29)10-22)25-7-6-24(26(30-25)32-13-18(3)12-28(32,4)5)27(34)31-39(35,36)33-14-23-11-21(33)16-38-23/h7-11,18,20,22-23H,12-17,19,21H2,1-6H3,(H2,34,37)(H,38,40);5-12,16,18H,13-15H2,1-4H3,(H2,33,35)(H,36,38);6-10,17-18,21,23H,11-16H2,1-5H3,(H,31,34)/t23-;;18-,21?,23?/m0.0/s1. The number of halogens is 5. The SMILES string of the molecule is CC(C)COc1cc(F)cc(-c2ccc(C(=O)NS(=O)(=O)N3CC4CC3CO4)c(N3C[C@@H](C)CC3(C)C)n2)c1.CC(C)COc1cc(F)cc(-c2ccc(C(=O)NS(=O)(=O)c3cccc(N)n3)c(N3CC(C(F)(F)F)CC3(C)C)n2)c1.Cc1cc(-c2ccc(C(=O)NS(=O)(=O)c3cccc(N)n3)c(N3C[C@@H](C)CC3(C)C)n2)cnc1OCCOCCOCCOC(C)C. The van der Waals surface area contributed by atoms with E-state index in [1.54, 1.807) is 50.4 Å². The summed E-state index contributed by atoms with van der Waals surface area (Å²) in [6.45, 7) is 34.3. The van der Waals surface area contributed by atoms with Gasteiger partial charge in [0.1, 0.15) is 58.8 Å². The molecule has 2 bridgehead atoms. The molecule has 0 aliphatic carbocycles. The Morgan fingerprint density at radius 2 is 0.961 bits per heavy atom. The fraction of sp³-hybridized carbons (Fsp3) is 0.494. The summed E-state index contributed by atoms with van der Waals surface area (Å²) in [5, 5.41) is -0.867. The number of carbonyl (C=O) groups excluding carboxylic acids is 3. The van der Waals surface area contributed by atoms with Crippen molar-refractivity contribution >= 4 is 77.1 Å². The average molecular weight is 1840 g/mol. The topological polar surface area (TPSA) is 397 Å². The minimum absolute atomic E-state index is 0.0260. The third-order valence-electron chi connectivity index (χ3n) is 21.8. The van der Waals surface area contributed by atoms with Crippen molar-refractivity contribution in [2.75, 3.05) is 112 Å². The first kappa shape index (κ1) is 98.1. The van der Waals surface area contributed by atoms with Gasteiger partial charge in [-0.15, -0.1) is 0 Å². The van der Waals surface area contributed by atoms with Crippen LogP contribution in [-0.2, 0) is 49.2 Å². The van der Waals surface area contributed by atoms with Gasteiger partial charge in [-0.2, -0.15) is 42.7 Å². The maximum absolute atomic E-state index is 14.6. The maximum Gasteiger partial charge on any atom is 0.393 e. The number of benzene rings is 2. The highest BCUT2D eigenvalue weighted by atomic mass is 32.2. The number of ether oxygens (including phenoxy) is 7. The molecular weight excluding hydrogens is 1730 g/mol. The third-order valence-corrected chi connectivity index (χ3v) is 25.8. The Labute approximate surface area is 744 Å². The van der Waals surface area contributed by atoms with Crippen LogP contribution in [0.3, 0.4) is 0 Å². The predicted molar refractivity (Wildman–Crippen MR) is 474 cm³/mol. The number of hydrogen-bond donors (Lipinski definition) is 5. The van der Waals surface area contributed by atoms with Crippen LogP contribution in [0.5, 0.6) is 17.4 Å².